The number of carbonyl (C=O) groups is 2. The fraction of sp³-hybridized carbons (Fsp3) is 0.222. The Morgan fingerprint density at radius 2 is 1.80 bits per heavy atom. The monoisotopic (exact) mass is 361 g/mol. The number of para-hydroxylation sites is 1. The van der Waals surface area contributed by atoms with Crippen molar-refractivity contribution in [2.45, 2.75) is 0 Å². The second-order valence-electron chi connectivity index (χ2n) is 5.21. The molecular formula is C18H20ClN3O3. The maximum Gasteiger partial charge on any atom is 0.251 e. The van der Waals surface area contributed by atoms with Crippen LogP contribution in [0.3, 0.4) is 0 Å². The molecule has 25 heavy (non-hydrogen) atoms. The van der Waals surface area contributed by atoms with E-state index in [1.807, 2.05) is 12.1 Å². The Morgan fingerprint density at radius 3 is 2.48 bits per heavy atom. The first-order chi connectivity index (χ1) is 12.1. The van der Waals surface area contributed by atoms with E-state index in [1.165, 1.54) is 0 Å². The van der Waals surface area contributed by atoms with Crippen LogP contribution in [0.1, 0.15) is 10.4 Å². The molecule has 0 aliphatic carbocycles. The first-order valence-corrected chi connectivity index (χ1v) is 8.13. The van der Waals surface area contributed by atoms with Crippen molar-refractivity contribution in [1.82, 2.24) is 5.32 Å². The van der Waals surface area contributed by atoms with Gasteiger partial charge in [0.25, 0.3) is 5.91 Å². The summed E-state index contributed by atoms with van der Waals surface area (Å²) >= 11 is 6.02. The maximum absolute atomic E-state index is 12.0. The van der Waals surface area contributed by atoms with Crippen LogP contribution in [0, 0.1) is 0 Å². The third-order valence-corrected chi connectivity index (χ3v) is 3.67. The molecule has 0 atom stereocenters. The zero-order chi connectivity index (χ0) is 18.1. The number of anilines is 2. The molecular weight excluding hydrogens is 342 g/mol. The van der Waals surface area contributed by atoms with Gasteiger partial charge >= 0.3 is 0 Å². The highest BCUT2D eigenvalue weighted by atomic mass is 35.5. The summed E-state index contributed by atoms with van der Waals surface area (Å²) in [4.78, 5) is 23.8. The lowest BCUT2D eigenvalue weighted by Crippen LogP contribution is -2.27. The maximum atomic E-state index is 12.0. The molecule has 0 heterocycles. The quantitative estimate of drug-likeness (QED) is 0.632. The van der Waals surface area contributed by atoms with Crippen LogP contribution in [0.4, 0.5) is 11.4 Å². The number of benzene rings is 2. The zero-order valence-corrected chi connectivity index (χ0v) is 14.6. The lowest BCUT2D eigenvalue weighted by Gasteiger charge is -2.09. The molecule has 7 heteroatoms. The Balaban J connectivity index is 1.83. The summed E-state index contributed by atoms with van der Waals surface area (Å²) < 4.78 is 4.88. The Labute approximate surface area is 151 Å². The van der Waals surface area contributed by atoms with Crippen molar-refractivity contribution in [2.75, 3.05) is 37.4 Å². The van der Waals surface area contributed by atoms with Gasteiger partial charge in [-0.1, -0.05) is 23.7 Å². The second kappa shape index (κ2) is 9.66. The summed E-state index contributed by atoms with van der Waals surface area (Å²) in [6.07, 6.45) is 0. The van der Waals surface area contributed by atoms with Gasteiger partial charge in [-0.25, -0.2) is 0 Å². The van der Waals surface area contributed by atoms with Gasteiger partial charge in [-0.15, -0.1) is 0 Å². The molecule has 0 saturated heterocycles. The minimum atomic E-state index is -0.211. The summed E-state index contributed by atoms with van der Waals surface area (Å²) in [7, 11) is 1.57. The molecule has 0 aliphatic heterocycles. The van der Waals surface area contributed by atoms with Crippen LogP contribution in [-0.2, 0) is 9.53 Å². The number of carbonyl (C=O) groups excluding carboxylic acids is 2. The van der Waals surface area contributed by atoms with E-state index in [2.05, 4.69) is 16.0 Å². The standard InChI is InChI=1S/C18H20ClN3O3/c1-25-11-10-20-18(24)13-6-8-14(9-7-13)22-17(23)12-21-16-5-3-2-4-15(16)19/h2-9,21H,10-12H2,1H3,(H,20,24)(H,22,23). The summed E-state index contributed by atoms with van der Waals surface area (Å²) in [6.45, 7) is 0.989. The van der Waals surface area contributed by atoms with Gasteiger partial charge in [-0.3, -0.25) is 9.59 Å². The van der Waals surface area contributed by atoms with E-state index in [0.29, 0.717) is 35.1 Å². The molecule has 0 fully saturated rings. The number of nitrogens with one attached hydrogen (secondary N) is 3. The van der Waals surface area contributed by atoms with Gasteiger partial charge in [0.2, 0.25) is 5.91 Å². The van der Waals surface area contributed by atoms with Gasteiger partial charge in [-0.2, -0.15) is 0 Å². The highest BCUT2D eigenvalue weighted by Crippen LogP contribution is 2.20. The SMILES string of the molecule is COCCNC(=O)c1ccc(NC(=O)CNc2ccccc2Cl)cc1. The smallest absolute Gasteiger partial charge is 0.251 e. The third kappa shape index (κ3) is 6.10. The highest BCUT2D eigenvalue weighted by Gasteiger charge is 2.07. The Kier molecular flexibility index (Phi) is 7.25. The number of methoxy groups -OCH3 is 1. The molecule has 0 bridgehead atoms. The van der Waals surface area contributed by atoms with Crippen LogP contribution < -0.4 is 16.0 Å². The molecule has 0 spiro atoms. The normalized spacial score (nSPS) is 10.2. The van der Waals surface area contributed by atoms with E-state index in [9.17, 15) is 9.59 Å². The first-order valence-electron chi connectivity index (χ1n) is 7.75. The third-order valence-electron chi connectivity index (χ3n) is 3.34. The van der Waals surface area contributed by atoms with E-state index in [-0.39, 0.29) is 18.4 Å². The predicted molar refractivity (Wildman–Crippen MR) is 99.2 cm³/mol. The molecule has 0 aromatic heterocycles. The van der Waals surface area contributed by atoms with Crippen LogP contribution in [-0.4, -0.2) is 38.6 Å². The van der Waals surface area contributed by atoms with E-state index >= 15 is 0 Å². The number of rotatable bonds is 8. The van der Waals surface area contributed by atoms with Gasteiger partial charge in [0.05, 0.1) is 23.9 Å². The number of hydrogen-bond donors (Lipinski definition) is 3. The van der Waals surface area contributed by atoms with E-state index in [1.54, 1.807) is 43.5 Å². The van der Waals surface area contributed by atoms with E-state index < -0.39 is 0 Å². The Morgan fingerprint density at radius 1 is 1.08 bits per heavy atom. The lowest BCUT2D eigenvalue weighted by atomic mass is 10.2. The topological polar surface area (TPSA) is 79.5 Å². The molecule has 2 amide bonds. The van der Waals surface area contributed by atoms with Crippen LogP contribution in [0.2, 0.25) is 5.02 Å². The molecule has 6 nitrogen and oxygen atoms in total. The zero-order valence-electron chi connectivity index (χ0n) is 13.8. The fourth-order valence-electron chi connectivity index (χ4n) is 2.06. The summed E-state index contributed by atoms with van der Waals surface area (Å²) in [5.74, 6) is -0.396. The summed E-state index contributed by atoms with van der Waals surface area (Å²) in [5.41, 5.74) is 1.82. The first kappa shape index (κ1) is 18.8. The molecule has 0 radical (unpaired) electrons. The number of ether oxygens (including phenoxy) is 1. The molecule has 0 unspecified atom stereocenters. The lowest BCUT2D eigenvalue weighted by molar-refractivity contribution is -0.114. The second-order valence-corrected chi connectivity index (χ2v) is 5.61. The van der Waals surface area contributed by atoms with Gasteiger partial charge < -0.3 is 20.7 Å². The van der Waals surface area contributed by atoms with Crippen molar-refractivity contribution >= 4 is 34.8 Å². The van der Waals surface area contributed by atoms with Crippen LogP contribution >= 0.6 is 11.6 Å². The summed E-state index contributed by atoms with van der Waals surface area (Å²) in [5, 5.41) is 9.01. The largest absolute Gasteiger partial charge is 0.383 e. The number of hydrogen-bond acceptors (Lipinski definition) is 4. The molecule has 2 aromatic rings. The Hall–Kier alpha value is -2.57. The fourth-order valence-corrected chi connectivity index (χ4v) is 2.26. The predicted octanol–water partition coefficient (Wildman–Crippen LogP) is 2.77. The van der Waals surface area contributed by atoms with Gasteiger partial charge in [0.1, 0.15) is 0 Å². The Bertz CT molecular complexity index is 720. The van der Waals surface area contributed by atoms with Gasteiger partial charge in [-0.05, 0) is 36.4 Å². The molecule has 132 valence electrons. The van der Waals surface area contributed by atoms with Crippen molar-refractivity contribution in [1.29, 1.82) is 0 Å². The van der Waals surface area contributed by atoms with Crippen molar-refractivity contribution in [3.63, 3.8) is 0 Å². The van der Waals surface area contributed by atoms with Gasteiger partial charge in [0.15, 0.2) is 0 Å². The van der Waals surface area contributed by atoms with Crippen molar-refractivity contribution in [3.8, 4) is 0 Å². The molecule has 0 saturated carbocycles. The number of halogens is 1. The average Bonchev–Trinajstić information content (AvgIpc) is 2.62. The average molecular weight is 362 g/mol. The van der Waals surface area contributed by atoms with Crippen LogP contribution in [0.25, 0.3) is 0 Å². The van der Waals surface area contributed by atoms with E-state index in [0.717, 1.165) is 0 Å². The number of amides is 2. The van der Waals surface area contributed by atoms with Crippen LogP contribution in [0.15, 0.2) is 48.5 Å². The molecule has 2 aromatic carbocycles. The molecule has 2 rings (SSSR count). The van der Waals surface area contributed by atoms with Gasteiger partial charge in [0, 0.05) is 24.9 Å². The van der Waals surface area contributed by atoms with Crippen molar-refractivity contribution in [3.05, 3.63) is 59.1 Å². The van der Waals surface area contributed by atoms with Crippen LogP contribution in [0.5, 0.6) is 0 Å². The minimum Gasteiger partial charge on any atom is -0.383 e. The molecule has 3 N–H and O–H groups in total. The van der Waals surface area contributed by atoms with E-state index in [4.69, 9.17) is 16.3 Å². The van der Waals surface area contributed by atoms with Crippen molar-refractivity contribution in [2.24, 2.45) is 0 Å². The minimum absolute atomic E-state index is 0.0863. The summed E-state index contributed by atoms with van der Waals surface area (Å²) in [6, 6.07) is 13.9. The molecule has 0 aliphatic rings. The van der Waals surface area contributed by atoms with Crippen molar-refractivity contribution < 1.29 is 14.3 Å². The highest BCUT2D eigenvalue weighted by molar-refractivity contribution is 6.33.